The van der Waals surface area contributed by atoms with Crippen LogP contribution >= 0.6 is 11.8 Å². The third-order valence-electron chi connectivity index (χ3n) is 5.29. The molecule has 2 aromatic rings. The molecular formula is C22H25FN2O2S. The lowest BCUT2D eigenvalue weighted by Crippen LogP contribution is -2.39. The summed E-state index contributed by atoms with van der Waals surface area (Å²) >= 11 is 1.69. The smallest absolute Gasteiger partial charge is 0.233 e. The highest BCUT2D eigenvalue weighted by atomic mass is 32.2. The van der Waals surface area contributed by atoms with Crippen molar-refractivity contribution in [1.82, 2.24) is 9.80 Å². The quantitative estimate of drug-likeness (QED) is 0.705. The summed E-state index contributed by atoms with van der Waals surface area (Å²) in [5.74, 6) is 1.78. The standard InChI is InChI=1S/C22H25FN2O2S/c23-18-6-10-20(11-7-18)27-19-8-4-17(5-9-19)22-25(21(26)16-28-22)15-14-24-12-2-1-3-13-24/h4-11,22H,1-3,12-16H2. The molecule has 2 heterocycles. The average Bonchev–Trinajstić information content (AvgIpc) is 3.10. The highest BCUT2D eigenvalue weighted by Crippen LogP contribution is 2.39. The Labute approximate surface area is 169 Å². The number of amides is 1. The van der Waals surface area contributed by atoms with Crippen LogP contribution in [0.15, 0.2) is 48.5 Å². The summed E-state index contributed by atoms with van der Waals surface area (Å²) in [5, 5.41) is 0.0668. The first-order valence-electron chi connectivity index (χ1n) is 9.86. The van der Waals surface area contributed by atoms with Gasteiger partial charge in [0.15, 0.2) is 0 Å². The number of likely N-dealkylation sites (tertiary alicyclic amines) is 1. The first kappa shape index (κ1) is 19.3. The fourth-order valence-corrected chi connectivity index (χ4v) is 4.96. The molecule has 4 rings (SSSR count). The molecule has 6 heteroatoms. The predicted molar refractivity (Wildman–Crippen MR) is 110 cm³/mol. The van der Waals surface area contributed by atoms with Crippen molar-refractivity contribution < 1.29 is 13.9 Å². The number of ether oxygens (including phenoxy) is 1. The number of halogens is 1. The monoisotopic (exact) mass is 400 g/mol. The molecule has 1 amide bonds. The van der Waals surface area contributed by atoms with Gasteiger partial charge in [0.25, 0.3) is 0 Å². The first-order chi connectivity index (χ1) is 13.7. The minimum Gasteiger partial charge on any atom is -0.457 e. The zero-order valence-corrected chi connectivity index (χ0v) is 16.7. The molecule has 1 unspecified atom stereocenters. The molecule has 1 atom stereocenters. The van der Waals surface area contributed by atoms with E-state index in [-0.39, 0.29) is 17.1 Å². The van der Waals surface area contributed by atoms with Gasteiger partial charge < -0.3 is 14.5 Å². The van der Waals surface area contributed by atoms with E-state index < -0.39 is 0 Å². The van der Waals surface area contributed by atoms with E-state index in [4.69, 9.17) is 4.74 Å². The number of carbonyl (C=O) groups excluding carboxylic acids is 1. The highest BCUT2D eigenvalue weighted by molar-refractivity contribution is 8.00. The van der Waals surface area contributed by atoms with Crippen LogP contribution in [-0.4, -0.2) is 47.6 Å². The van der Waals surface area contributed by atoms with E-state index in [9.17, 15) is 9.18 Å². The second-order valence-electron chi connectivity index (χ2n) is 7.28. The van der Waals surface area contributed by atoms with Gasteiger partial charge in [0.1, 0.15) is 22.7 Å². The van der Waals surface area contributed by atoms with E-state index in [0.29, 0.717) is 17.3 Å². The number of thioether (sulfide) groups is 1. The van der Waals surface area contributed by atoms with Crippen LogP contribution in [0.25, 0.3) is 0 Å². The molecule has 2 aliphatic heterocycles. The van der Waals surface area contributed by atoms with Crippen molar-refractivity contribution in [3.05, 3.63) is 59.9 Å². The summed E-state index contributed by atoms with van der Waals surface area (Å²) in [7, 11) is 0. The Morgan fingerprint density at radius 2 is 1.57 bits per heavy atom. The van der Waals surface area contributed by atoms with Crippen molar-refractivity contribution in [2.45, 2.75) is 24.6 Å². The average molecular weight is 401 g/mol. The van der Waals surface area contributed by atoms with Crippen LogP contribution in [0.4, 0.5) is 4.39 Å². The molecule has 0 spiro atoms. The fourth-order valence-electron chi connectivity index (χ4n) is 3.74. The van der Waals surface area contributed by atoms with Gasteiger partial charge in [0.05, 0.1) is 5.75 Å². The molecule has 2 fully saturated rings. The summed E-state index contributed by atoms with van der Waals surface area (Å²) in [6.07, 6.45) is 3.85. The second-order valence-corrected chi connectivity index (χ2v) is 8.35. The Morgan fingerprint density at radius 1 is 0.929 bits per heavy atom. The lowest BCUT2D eigenvalue weighted by molar-refractivity contribution is -0.128. The van der Waals surface area contributed by atoms with Gasteiger partial charge in [0, 0.05) is 13.1 Å². The molecule has 0 radical (unpaired) electrons. The Morgan fingerprint density at radius 3 is 2.25 bits per heavy atom. The lowest BCUT2D eigenvalue weighted by atomic mass is 10.1. The lowest BCUT2D eigenvalue weighted by Gasteiger charge is -2.30. The summed E-state index contributed by atoms with van der Waals surface area (Å²) in [4.78, 5) is 16.9. The highest BCUT2D eigenvalue weighted by Gasteiger charge is 2.32. The fraction of sp³-hybridized carbons (Fsp3) is 0.409. The zero-order chi connectivity index (χ0) is 19.3. The molecule has 0 N–H and O–H groups in total. The van der Waals surface area contributed by atoms with Gasteiger partial charge >= 0.3 is 0 Å². The third kappa shape index (κ3) is 4.67. The van der Waals surface area contributed by atoms with Gasteiger partial charge in [-0.05, 0) is 67.9 Å². The van der Waals surface area contributed by atoms with Crippen molar-refractivity contribution in [1.29, 1.82) is 0 Å². The van der Waals surface area contributed by atoms with Gasteiger partial charge in [0.2, 0.25) is 5.91 Å². The van der Waals surface area contributed by atoms with Gasteiger partial charge in [-0.2, -0.15) is 0 Å². The molecule has 0 aliphatic carbocycles. The van der Waals surface area contributed by atoms with Gasteiger partial charge in [-0.15, -0.1) is 11.8 Å². The number of carbonyl (C=O) groups is 1. The van der Waals surface area contributed by atoms with E-state index >= 15 is 0 Å². The van der Waals surface area contributed by atoms with Gasteiger partial charge in [-0.25, -0.2) is 4.39 Å². The Balaban J connectivity index is 1.38. The van der Waals surface area contributed by atoms with Crippen LogP contribution in [0, 0.1) is 5.82 Å². The van der Waals surface area contributed by atoms with Crippen molar-refractivity contribution in [3.63, 3.8) is 0 Å². The topological polar surface area (TPSA) is 32.8 Å². The molecule has 0 saturated carbocycles. The third-order valence-corrected chi connectivity index (χ3v) is 6.54. The molecule has 28 heavy (non-hydrogen) atoms. The summed E-state index contributed by atoms with van der Waals surface area (Å²) in [6, 6.07) is 13.8. The Bertz CT molecular complexity index is 791. The number of rotatable bonds is 6. The van der Waals surface area contributed by atoms with E-state index in [2.05, 4.69) is 4.90 Å². The normalized spacial score (nSPS) is 20.5. The first-order valence-corrected chi connectivity index (χ1v) is 10.9. The summed E-state index contributed by atoms with van der Waals surface area (Å²) in [6.45, 7) is 4.03. The van der Waals surface area contributed by atoms with E-state index in [1.165, 1.54) is 31.4 Å². The molecule has 4 nitrogen and oxygen atoms in total. The van der Waals surface area contributed by atoms with Gasteiger partial charge in [-0.3, -0.25) is 4.79 Å². The molecule has 0 aromatic heterocycles. The number of hydrogen-bond donors (Lipinski definition) is 0. The van der Waals surface area contributed by atoms with Crippen LogP contribution in [0.1, 0.15) is 30.2 Å². The molecule has 148 valence electrons. The predicted octanol–water partition coefficient (Wildman–Crippen LogP) is 4.68. The maximum Gasteiger partial charge on any atom is 0.233 e. The van der Waals surface area contributed by atoms with Gasteiger partial charge in [-0.1, -0.05) is 18.6 Å². The maximum absolute atomic E-state index is 13.0. The molecule has 2 aliphatic rings. The molecule has 2 saturated heterocycles. The number of benzene rings is 2. The van der Waals surface area contributed by atoms with E-state index in [1.807, 2.05) is 29.2 Å². The number of nitrogens with zero attached hydrogens (tertiary/aromatic N) is 2. The van der Waals surface area contributed by atoms with E-state index in [1.54, 1.807) is 23.9 Å². The summed E-state index contributed by atoms with van der Waals surface area (Å²) in [5.41, 5.74) is 1.11. The largest absolute Gasteiger partial charge is 0.457 e. The molecular weight excluding hydrogens is 375 g/mol. The molecule has 0 bridgehead atoms. The second kappa shape index (κ2) is 8.97. The van der Waals surface area contributed by atoms with Crippen molar-refractivity contribution >= 4 is 17.7 Å². The number of hydrogen-bond acceptors (Lipinski definition) is 4. The molecule has 2 aromatic carbocycles. The number of piperidine rings is 1. The van der Waals surface area contributed by atoms with Crippen molar-refractivity contribution in [3.8, 4) is 11.5 Å². The van der Waals surface area contributed by atoms with Crippen LogP contribution in [0.2, 0.25) is 0 Å². The SMILES string of the molecule is O=C1CSC(c2ccc(Oc3ccc(F)cc3)cc2)N1CCN1CCCCC1. The van der Waals surface area contributed by atoms with Crippen LogP contribution < -0.4 is 4.74 Å². The van der Waals surface area contributed by atoms with Crippen LogP contribution in [0.5, 0.6) is 11.5 Å². The summed E-state index contributed by atoms with van der Waals surface area (Å²) < 4.78 is 18.8. The maximum atomic E-state index is 13.0. The Hall–Kier alpha value is -2.05. The van der Waals surface area contributed by atoms with E-state index in [0.717, 1.165) is 31.7 Å². The minimum atomic E-state index is -0.282. The minimum absolute atomic E-state index is 0.0668. The van der Waals surface area contributed by atoms with Crippen LogP contribution in [0.3, 0.4) is 0 Å². The van der Waals surface area contributed by atoms with Crippen molar-refractivity contribution in [2.75, 3.05) is 31.9 Å². The van der Waals surface area contributed by atoms with Crippen molar-refractivity contribution in [2.24, 2.45) is 0 Å². The van der Waals surface area contributed by atoms with Crippen LogP contribution in [-0.2, 0) is 4.79 Å². The Kier molecular flexibility index (Phi) is 6.17. The zero-order valence-electron chi connectivity index (χ0n) is 15.9.